The first-order valence-electron chi connectivity index (χ1n) is 5.35. The highest BCUT2D eigenvalue weighted by Crippen LogP contribution is 2.16. The number of pyridine rings is 1. The van der Waals surface area contributed by atoms with E-state index in [1.54, 1.807) is 6.07 Å². The summed E-state index contributed by atoms with van der Waals surface area (Å²) in [6, 6.07) is 3.61. The molecule has 1 aromatic rings. The second-order valence-electron chi connectivity index (χ2n) is 3.99. The van der Waals surface area contributed by atoms with Crippen LogP contribution in [0.1, 0.15) is 13.8 Å². The van der Waals surface area contributed by atoms with Gasteiger partial charge < -0.3 is 21.1 Å². The largest absolute Gasteiger partial charge is 0.396 e. The maximum atomic E-state index is 5.64. The Labute approximate surface area is 96.4 Å². The van der Waals surface area contributed by atoms with Crippen LogP contribution in [-0.4, -0.2) is 31.3 Å². The molecule has 0 saturated heterocycles. The number of aromatic nitrogens is 1. The van der Waals surface area contributed by atoms with E-state index >= 15 is 0 Å². The molecule has 90 valence electrons. The first kappa shape index (κ1) is 12.6. The Kier molecular flexibility index (Phi) is 4.37. The van der Waals surface area contributed by atoms with E-state index in [4.69, 9.17) is 16.2 Å². The molecule has 4 N–H and O–H groups in total. The molecule has 16 heavy (non-hydrogen) atoms. The zero-order chi connectivity index (χ0) is 12.1. The summed E-state index contributed by atoms with van der Waals surface area (Å²) in [6.07, 6.45) is 0.248. The number of hydrogen-bond acceptors (Lipinski definition) is 5. The molecule has 0 aliphatic rings. The van der Waals surface area contributed by atoms with Crippen LogP contribution in [0.25, 0.3) is 0 Å². The van der Waals surface area contributed by atoms with Crippen molar-refractivity contribution in [3.05, 3.63) is 12.1 Å². The lowest BCUT2D eigenvalue weighted by Crippen LogP contribution is -2.25. The Hall–Kier alpha value is -1.49. The van der Waals surface area contributed by atoms with E-state index in [-0.39, 0.29) is 6.10 Å². The molecule has 0 unspecified atom stereocenters. The Morgan fingerprint density at radius 3 is 2.62 bits per heavy atom. The Morgan fingerprint density at radius 1 is 1.38 bits per heavy atom. The van der Waals surface area contributed by atoms with Crippen LogP contribution in [0.15, 0.2) is 12.1 Å². The van der Waals surface area contributed by atoms with Crippen molar-refractivity contribution in [2.24, 2.45) is 0 Å². The lowest BCUT2D eigenvalue weighted by Gasteiger charge is -2.19. The average Bonchev–Trinajstić information content (AvgIpc) is 2.21. The van der Waals surface area contributed by atoms with Crippen LogP contribution in [0.5, 0.6) is 0 Å². The smallest absolute Gasteiger partial charge is 0.149 e. The van der Waals surface area contributed by atoms with Crippen molar-refractivity contribution in [3.8, 4) is 0 Å². The van der Waals surface area contributed by atoms with Gasteiger partial charge in [-0.25, -0.2) is 4.98 Å². The van der Waals surface area contributed by atoms with Gasteiger partial charge in [-0.1, -0.05) is 0 Å². The normalized spacial score (nSPS) is 10.8. The number of rotatable bonds is 5. The standard InChI is InChI=1S/C11H20N4O/c1-8(2)16-7-6-15(3)10-5-4-9(12)11(13)14-10/h4-5,8H,6-7,12H2,1-3H3,(H2,13,14). The molecular weight excluding hydrogens is 204 g/mol. The van der Waals surface area contributed by atoms with Gasteiger partial charge in [0.15, 0.2) is 0 Å². The highest BCUT2D eigenvalue weighted by Gasteiger charge is 2.05. The maximum Gasteiger partial charge on any atom is 0.149 e. The van der Waals surface area contributed by atoms with Crippen molar-refractivity contribution in [2.45, 2.75) is 20.0 Å². The number of hydrogen-bond donors (Lipinski definition) is 2. The lowest BCUT2D eigenvalue weighted by atomic mass is 10.3. The zero-order valence-electron chi connectivity index (χ0n) is 10.1. The summed E-state index contributed by atoms with van der Waals surface area (Å²) in [5, 5.41) is 0. The van der Waals surface area contributed by atoms with E-state index < -0.39 is 0 Å². The summed E-state index contributed by atoms with van der Waals surface area (Å²) < 4.78 is 5.46. The Morgan fingerprint density at radius 2 is 2.06 bits per heavy atom. The number of ether oxygens (including phenoxy) is 1. The maximum absolute atomic E-state index is 5.64. The van der Waals surface area contributed by atoms with E-state index in [0.29, 0.717) is 18.1 Å². The number of nitrogens with two attached hydrogens (primary N) is 2. The molecular formula is C11H20N4O. The third-order valence-electron chi connectivity index (χ3n) is 2.21. The van der Waals surface area contributed by atoms with Gasteiger partial charge in [-0.2, -0.15) is 0 Å². The molecule has 1 aromatic heterocycles. The highest BCUT2D eigenvalue weighted by atomic mass is 16.5. The summed E-state index contributed by atoms with van der Waals surface area (Å²) in [7, 11) is 1.95. The number of anilines is 3. The predicted octanol–water partition coefficient (Wildman–Crippen LogP) is 1.11. The van der Waals surface area contributed by atoms with Crippen LogP contribution in [0.2, 0.25) is 0 Å². The van der Waals surface area contributed by atoms with Gasteiger partial charge in [-0.05, 0) is 26.0 Å². The molecule has 0 bridgehead atoms. The predicted molar refractivity (Wildman–Crippen MR) is 67.4 cm³/mol. The van der Waals surface area contributed by atoms with Crippen LogP contribution >= 0.6 is 0 Å². The Bertz CT molecular complexity index is 341. The topological polar surface area (TPSA) is 77.4 Å². The van der Waals surface area contributed by atoms with Crippen molar-refractivity contribution in [1.29, 1.82) is 0 Å². The molecule has 0 fully saturated rings. The fraction of sp³-hybridized carbons (Fsp3) is 0.545. The SMILES string of the molecule is CC(C)OCCN(C)c1ccc(N)c(N)n1. The van der Waals surface area contributed by atoms with Gasteiger partial charge in [0.1, 0.15) is 11.6 Å². The third kappa shape index (κ3) is 3.58. The van der Waals surface area contributed by atoms with E-state index in [0.717, 1.165) is 12.4 Å². The van der Waals surface area contributed by atoms with Gasteiger partial charge in [-0.15, -0.1) is 0 Å². The van der Waals surface area contributed by atoms with Crippen LogP contribution in [-0.2, 0) is 4.74 Å². The summed E-state index contributed by atoms with van der Waals surface area (Å²) in [5.41, 5.74) is 11.7. The van der Waals surface area contributed by atoms with Crippen LogP contribution in [0.3, 0.4) is 0 Å². The molecule has 1 heterocycles. The summed E-state index contributed by atoms with van der Waals surface area (Å²) in [6.45, 7) is 5.47. The van der Waals surface area contributed by atoms with Crippen molar-refractivity contribution < 1.29 is 4.74 Å². The number of nitrogens with zero attached hydrogens (tertiary/aromatic N) is 2. The summed E-state index contributed by atoms with van der Waals surface area (Å²) in [5.74, 6) is 1.17. The molecule has 0 aliphatic heterocycles. The van der Waals surface area contributed by atoms with Crippen molar-refractivity contribution in [2.75, 3.05) is 36.6 Å². The van der Waals surface area contributed by atoms with E-state index in [9.17, 15) is 0 Å². The van der Waals surface area contributed by atoms with Crippen LogP contribution < -0.4 is 16.4 Å². The first-order chi connectivity index (χ1) is 7.50. The fourth-order valence-corrected chi connectivity index (χ4v) is 1.23. The molecule has 0 amide bonds. The fourth-order valence-electron chi connectivity index (χ4n) is 1.23. The molecule has 0 radical (unpaired) electrons. The first-order valence-corrected chi connectivity index (χ1v) is 5.35. The molecule has 0 spiro atoms. The van der Waals surface area contributed by atoms with Gasteiger partial charge >= 0.3 is 0 Å². The van der Waals surface area contributed by atoms with Crippen molar-refractivity contribution in [3.63, 3.8) is 0 Å². The minimum absolute atomic E-state index is 0.248. The highest BCUT2D eigenvalue weighted by molar-refractivity contribution is 5.61. The van der Waals surface area contributed by atoms with E-state index in [1.807, 2.05) is 31.9 Å². The number of nitrogen functional groups attached to an aromatic ring is 2. The van der Waals surface area contributed by atoms with Crippen molar-refractivity contribution >= 4 is 17.3 Å². The molecule has 0 atom stereocenters. The zero-order valence-corrected chi connectivity index (χ0v) is 10.1. The van der Waals surface area contributed by atoms with Gasteiger partial charge in [0, 0.05) is 13.6 Å². The molecule has 5 nitrogen and oxygen atoms in total. The monoisotopic (exact) mass is 224 g/mol. The molecule has 5 heteroatoms. The van der Waals surface area contributed by atoms with Gasteiger partial charge in [0.2, 0.25) is 0 Å². The summed E-state index contributed by atoms with van der Waals surface area (Å²) in [4.78, 5) is 6.18. The van der Waals surface area contributed by atoms with Gasteiger partial charge in [0.05, 0.1) is 18.4 Å². The quantitative estimate of drug-likeness (QED) is 0.783. The molecule has 1 rings (SSSR count). The van der Waals surface area contributed by atoms with E-state index in [1.165, 1.54) is 0 Å². The molecule has 0 aromatic carbocycles. The van der Waals surface area contributed by atoms with Crippen LogP contribution in [0.4, 0.5) is 17.3 Å². The third-order valence-corrected chi connectivity index (χ3v) is 2.21. The Balaban J connectivity index is 2.52. The average molecular weight is 224 g/mol. The molecule has 0 aliphatic carbocycles. The summed E-state index contributed by atoms with van der Waals surface area (Å²) >= 11 is 0. The molecule has 0 saturated carbocycles. The second kappa shape index (κ2) is 5.55. The minimum Gasteiger partial charge on any atom is -0.396 e. The van der Waals surface area contributed by atoms with Gasteiger partial charge in [0.25, 0.3) is 0 Å². The van der Waals surface area contributed by atoms with E-state index in [2.05, 4.69) is 4.98 Å². The number of likely N-dealkylation sites (N-methyl/N-ethyl adjacent to an activating group) is 1. The van der Waals surface area contributed by atoms with Crippen molar-refractivity contribution in [1.82, 2.24) is 4.98 Å². The lowest BCUT2D eigenvalue weighted by molar-refractivity contribution is 0.0845. The second-order valence-corrected chi connectivity index (χ2v) is 3.99. The van der Waals surface area contributed by atoms with Crippen LogP contribution in [0, 0.1) is 0 Å². The minimum atomic E-state index is 0.248. The van der Waals surface area contributed by atoms with Gasteiger partial charge in [-0.3, -0.25) is 0 Å².